The Labute approximate surface area is 137 Å². The number of rotatable bonds is 3. The first kappa shape index (κ1) is 15.2. The Balaban J connectivity index is 1.99. The molecule has 0 radical (unpaired) electrons. The van der Waals surface area contributed by atoms with E-state index in [-0.39, 0.29) is 5.82 Å². The highest BCUT2D eigenvalue weighted by Gasteiger charge is 2.08. The molecule has 0 aliphatic rings. The van der Waals surface area contributed by atoms with Crippen LogP contribution in [0.3, 0.4) is 0 Å². The SMILES string of the molecule is Cc1ncc(N=Nc2ccc(F)cc2)c(-c2ccc(Cl)cc2)n1. The standard InChI is InChI=1S/C17H12ClFN4/c1-11-20-10-16(23-22-15-8-6-14(19)7-9-15)17(21-11)12-2-4-13(18)5-3-12/h2-10H,1H3. The van der Waals surface area contributed by atoms with Crippen molar-refractivity contribution in [2.24, 2.45) is 10.2 Å². The van der Waals surface area contributed by atoms with Crippen LogP contribution in [0, 0.1) is 12.7 Å². The summed E-state index contributed by atoms with van der Waals surface area (Å²) in [6.07, 6.45) is 1.61. The van der Waals surface area contributed by atoms with E-state index in [1.165, 1.54) is 12.1 Å². The molecule has 114 valence electrons. The summed E-state index contributed by atoms with van der Waals surface area (Å²) >= 11 is 5.92. The van der Waals surface area contributed by atoms with Gasteiger partial charge in [0.05, 0.1) is 11.9 Å². The molecule has 0 saturated carbocycles. The van der Waals surface area contributed by atoms with Gasteiger partial charge in [-0.25, -0.2) is 14.4 Å². The van der Waals surface area contributed by atoms with E-state index in [0.717, 1.165) is 5.56 Å². The van der Waals surface area contributed by atoms with Gasteiger partial charge in [-0.05, 0) is 43.3 Å². The Morgan fingerprint density at radius 2 is 1.65 bits per heavy atom. The molecular weight excluding hydrogens is 315 g/mol. The van der Waals surface area contributed by atoms with Crippen LogP contribution in [-0.4, -0.2) is 9.97 Å². The monoisotopic (exact) mass is 326 g/mol. The first-order valence-electron chi connectivity index (χ1n) is 6.89. The van der Waals surface area contributed by atoms with E-state index in [2.05, 4.69) is 20.2 Å². The molecule has 0 atom stereocenters. The molecule has 0 amide bonds. The zero-order valence-electron chi connectivity index (χ0n) is 12.2. The van der Waals surface area contributed by atoms with Crippen LogP contribution in [0.25, 0.3) is 11.3 Å². The van der Waals surface area contributed by atoms with E-state index in [1.807, 2.05) is 12.1 Å². The average molecular weight is 327 g/mol. The summed E-state index contributed by atoms with van der Waals surface area (Å²) in [5.74, 6) is 0.320. The first-order chi connectivity index (χ1) is 11.1. The fourth-order valence-electron chi connectivity index (χ4n) is 1.98. The van der Waals surface area contributed by atoms with Crippen LogP contribution in [-0.2, 0) is 0 Å². The fourth-order valence-corrected chi connectivity index (χ4v) is 2.10. The second kappa shape index (κ2) is 6.62. The number of benzene rings is 2. The summed E-state index contributed by atoms with van der Waals surface area (Å²) in [5, 5.41) is 8.94. The van der Waals surface area contributed by atoms with E-state index in [0.29, 0.717) is 27.9 Å². The topological polar surface area (TPSA) is 50.5 Å². The molecule has 2 aromatic carbocycles. The molecule has 1 heterocycles. The van der Waals surface area contributed by atoms with Gasteiger partial charge in [-0.1, -0.05) is 23.7 Å². The third kappa shape index (κ3) is 3.76. The molecule has 0 unspecified atom stereocenters. The maximum absolute atomic E-state index is 12.9. The predicted octanol–water partition coefficient (Wildman–Crippen LogP) is 5.66. The summed E-state index contributed by atoms with van der Waals surface area (Å²) in [5.41, 5.74) is 2.62. The fraction of sp³-hybridized carbons (Fsp3) is 0.0588. The van der Waals surface area contributed by atoms with Crippen molar-refractivity contribution in [2.75, 3.05) is 0 Å². The number of aryl methyl sites for hydroxylation is 1. The summed E-state index contributed by atoms with van der Waals surface area (Å²) in [6.45, 7) is 1.81. The lowest BCUT2D eigenvalue weighted by molar-refractivity contribution is 0.628. The van der Waals surface area contributed by atoms with Crippen molar-refractivity contribution < 1.29 is 4.39 Å². The van der Waals surface area contributed by atoms with E-state index < -0.39 is 0 Å². The Morgan fingerprint density at radius 1 is 0.957 bits per heavy atom. The van der Waals surface area contributed by atoms with Crippen LogP contribution < -0.4 is 0 Å². The number of hydrogen-bond donors (Lipinski definition) is 0. The summed E-state index contributed by atoms with van der Waals surface area (Å²) in [7, 11) is 0. The quantitative estimate of drug-likeness (QED) is 0.583. The van der Waals surface area contributed by atoms with Gasteiger partial charge in [-0.2, -0.15) is 5.11 Å². The normalized spacial score (nSPS) is 11.1. The molecule has 0 N–H and O–H groups in total. The van der Waals surface area contributed by atoms with Crippen LogP contribution >= 0.6 is 11.6 Å². The van der Waals surface area contributed by atoms with E-state index in [9.17, 15) is 4.39 Å². The average Bonchev–Trinajstić information content (AvgIpc) is 2.56. The smallest absolute Gasteiger partial charge is 0.130 e. The van der Waals surface area contributed by atoms with Crippen molar-refractivity contribution in [3.63, 3.8) is 0 Å². The van der Waals surface area contributed by atoms with Gasteiger partial charge in [0.15, 0.2) is 0 Å². The van der Waals surface area contributed by atoms with Crippen molar-refractivity contribution in [1.82, 2.24) is 9.97 Å². The lowest BCUT2D eigenvalue weighted by Gasteiger charge is -2.05. The molecule has 0 aliphatic carbocycles. The first-order valence-corrected chi connectivity index (χ1v) is 7.26. The van der Waals surface area contributed by atoms with Crippen LogP contribution in [0.4, 0.5) is 15.8 Å². The van der Waals surface area contributed by atoms with Gasteiger partial charge < -0.3 is 0 Å². The second-order valence-electron chi connectivity index (χ2n) is 4.83. The second-order valence-corrected chi connectivity index (χ2v) is 5.27. The van der Waals surface area contributed by atoms with Gasteiger partial charge in [0.1, 0.15) is 23.0 Å². The zero-order chi connectivity index (χ0) is 16.2. The molecule has 0 bridgehead atoms. The van der Waals surface area contributed by atoms with Gasteiger partial charge in [0.2, 0.25) is 0 Å². The molecular formula is C17H12ClFN4. The van der Waals surface area contributed by atoms with Gasteiger partial charge in [0, 0.05) is 10.6 Å². The van der Waals surface area contributed by atoms with Crippen molar-refractivity contribution >= 4 is 23.0 Å². The lowest BCUT2D eigenvalue weighted by Crippen LogP contribution is -1.91. The van der Waals surface area contributed by atoms with E-state index >= 15 is 0 Å². The highest BCUT2D eigenvalue weighted by molar-refractivity contribution is 6.30. The third-order valence-electron chi connectivity index (χ3n) is 3.11. The van der Waals surface area contributed by atoms with Crippen LogP contribution in [0.5, 0.6) is 0 Å². The minimum Gasteiger partial charge on any atom is -0.239 e. The summed E-state index contributed by atoms with van der Waals surface area (Å²) in [6, 6.07) is 13.1. The molecule has 0 saturated heterocycles. The Morgan fingerprint density at radius 3 is 2.35 bits per heavy atom. The lowest BCUT2D eigenvalue weighted by atomic mass is 10.1. The Bertz CT molecular complexity index is 845. The van der Waals surface area contributed by atoms with Crippen molar-refractivity contribution in [2.45, 2.75) is 6.92 Å². The molecule has 0 fully saturated rings. The minimum atomic E-state index is -0.315. The third-order valence-corrected chi connectivity index (χ3v) is 3.36. The van der Waals surface area contributed by atoms with Crippen LogP contribution in [0.1, 0.15) is 5.82 Å². The Hall–Kier alpha value is -2.66. The van der Waals surface area contributed by atoms with Crippen molar-refractivity contribution in [3.8, 4) is 11.3 Å². The molecule has 3 rings (SSSR count). The number of aromatic nitrogens is 2. The van der Waals surface area contributed by atoms with Crippen LogP contribution in [0.2, 0.25) is 5.02 Å². The maximum atomic E-state index is 12.9. The minimum absolute atomic E-state index is 0.315. The highest BCUT2D eigenvalue weighted by Crippen LogP contribution is 2.30. The van der Waals surface area contributed by atoms with E-state index in [1.54, 1.807) is 37.4 Å². The largest absolute Gasteiger partial charge is 0.239 e. The van der Waals surface area contributed by atoms with Gasteiger partial charge in [-0.15, -0.1) is 5.11 Å². The molecule has 3 aromatic rings. The highest BCUT2D eigenvalue weighted by atomic mass is 35.5. The molecule has 0 spiro atoms. The van der Waals surface area contributed by atoms with Gasteiger partial charge >= 0.3 is 0 Å². The Kier molecular flexibility index (Phi) is 4.39. The zero-order valence-corrected chi connectivity index (χ0v) is 13.0. The number of halogens is 2. The summed E-state index contributed by atoms with van der Waals surface area (Å²) in [4.78, 5) is 8.59. The van der Waals surface area contributed by atoms with Crippen LogP contribution in [0.15, 0.2) is 65.0 Å². The number of nitrogens with zero attached hydrogens (tertiary/aromatic N) is 4. The molecule has 1 aromatic heterocycles. The maximum Gasteiger partial charge on any atom is 0.130 e. The molecule has 6 heteroatoms. The molecule has 0 aliphatic heterocycles. The van der Waals surface area contributed by atoms with E-state index in [4.69, 9.17) is 11.6 Å². The number of azo groups is 1. The molecule has 23 heavy (non-hydrogen) atoms. The van der Waals surface area contributed by atoms with Crippen molar-refractivity contribution in [3.05, 3.63) is 71.4 Å². The van der Waals surface area contributed by atoms with Gasteiger partial charge in [0.25, 0.3) is 0 Å². The molecule has 4 nitrogen and oxygen atoms in total. The predicted molar refractivity (Wildman–Crippen MR) is 87.8 cm³/mol. The van der Waals surface area contributed by atoms with Crippen molar-refractivity contribution in [1.29, 1.82) is 0 Å². The van der Waals surface area contributed by atoms with Gasteiger partial charge in [-0.3, -0.25) is 0 Å². The summed E-state index contributed by atoms with van der Waals surface area (Å²) < 4.78 is 12.9. The number of hydrogen-bond acceptors (Lipinski definition) is 4.